The molecule has 2 rings (SSSR count). The number of nitrogens with zero attached hydrogens (tertiary/aromatic N) is 1. The summed E-state index contributed by atoms with van der Waals surface area (Å²) < 4.78 is 5.18. The maximum Gasteiger partial charge on any atom is 0.341 e. The molecule has 5 heteroatoms. The van der Waals surface area contributed by atoms with E-state index in [1.807, 2.05) is 13.8 Å². The fraction of sp³-hybridized carbons (Fsp3) is 0.444. The van der Waals surface area contributed by atoms with Crippen molar-refractivity contribution in [3.05, 3.63) is 35.0 Å². The lowest BCUT2D eigenvalue weighted by atomic mass is 10.0. The number of anilines is 1. The van der Waals surface area contributed by atoms with Crippen LogP contribution in [-0.4, -0.2) is 44.7 Å². The number of hydrogen-bond acceptors (Lipinski definition) is 4. The summed E-state index contributed by atoms with van der Waals surface area (Å²) in [6, 6.07) is 4.18. The summed E-state index contributed by atoms with van der Waals surface area (Å²) in [6.07, 6.45) is 1.62. The largest absolute Gasteiger partial charge is 0.462 e. The number of aromatic nitrogens is 1. The standard InChI is InChI=1S/C18H25N3O2/c1-6-23-18(22)15-11-20-16-13(3)9-12(2)10-14(16)17(15)19-7-8-21(4)5/h9-11H,6-8H2,1-5H3,(H,19,20)/p+1. The predicted molar refractivity (Wildman–Crippen MR) is 93.3 cm³/mol. The fourth-order valence-corrected chi connectivity index (χ4v) is 2.65. The van der Waals surface area contributed by atoms with Crippen molar-refractivity contribution in [1.29, 1.82) is 0 Å². The van der Waals surface area contributed by atoms with Crippen LogP contribution in [0.1, 0.15) is 28.4 Å². The van der Waals surface area contributed by atoms with Gasteiger partial charge in [-0.05, 0) is 32.4 Å². The fourth-order valence-electron chi connectivity index (χ4n) is 2.65. The third-order valence-electron chi connectivity index (χ3n) is 3.73. The Kier molecular flexibility index (Phi) is 5.55. The Labute approximate surface area is 137 Å². The molecule has 0 saturated heterocycles. The van der Waals surface area contributed by atoms with Gasteiger partial charge in [-0.15, -0.1) is 0 Å². The number of hydrogen-bond donors (Lipinski definition) is 2. The summed E-state index contributed by atoms with van der Waals surface area (Å²) in [5, 5.41) is 4.39. The van der Waals surface area contributed by atoms with Crippen LogP contribution in [-0.2, 0) is 4.74 Å². The molecule has 0 amide bonds. The van der Waals surface area contributed by atoms with Crippen LogP contribution in [0.3, 0.4) is 0 Å². The van der Waals surface area contributed by atoms with Crippen LogP contribution in [0.15, 0.2) is 18.3 Å². The zero-order valence-electron chi connectivity index (χ0n) is 14.6. The van der Waals surface area contributed by atoms with E-state index in [1.165, 1.54) is 4.90 Å². The molecule has 0 aliphatic heterocycles. The van der Waals surface area contributed by atoms with E-state index in [9.17, 15) is 4.79 Å². The van der Waals surface area contributed by atoms with Crippen LogP contribution in [0.2, 0.25) is 0 Å². The number of nitrogens with one attached hydrogen (secondary N) is 2. The van der Waals surface area contributed by atoms with Crippen LogP contribution >= 0.6 is 0 Å². The van der Waals surface area contributed by atoms with Crippen molar-refractivity contribution < 1.29 is 14.4 Å². The third kappa shape index (κ3) is 3.99. The highest BCUT2D eigenvalue weighted by atomic mass is 16.5. The summed E-state index contributed by atoms with van der Waals surface area (Å²) in [5.41, 5.74) is 4.50. The molecule has 0 fully saturated rings. The van der Waals surface area contributed by atoms with Crippen LogP contribution in [0, 0.1) is 13.8 Å². The highest BCUT2D eigenvalue weighted by molar-refractivity contribution is 6.05. The Morgan fingerprint density at radius 1 is 1.30 bits per heavy atom. The summed E-state index contributed by atoms with van der Waals surface area (Å²) >= 11 is 0. The van der Waals surface area contributed by atoms with Gasteiger partial charge >= 0.3 is 5.97 Å². The second-order valence-electron chi connectivity index (χ2n) is 6.13. The summed E-state index contributed by atoms with van der Waals surface area (Å²) in [6.45, 7) is 7.99. The van der Waals surface area contributed by atoms with E-state index in [2.05, 4.69) is 43.5 Å². The molecule has 0 radical (unpaired) electrons. The van der Waals surface area contributed by atoms with Crippen LogP contribution in [0.4, 0.5) is 5.69 Å². The number of rotatable bonds is 6. The van der Waals surface area contributed by atoms with Gasteiger partial charge in [-0.25, -0.2) is 4.79 Å². The van der Waals surface area contributed by atoms with Crippen molar-refractivity contribution >= 4 is 22.6 Å². The third-order valence-corrected chi connectivity index (χ3v) is 3.73. The predicted octanol–water partition coefficient (Wildman–Crippen LogP) is 1.58. The maximum absolute atomic E-state index is 12.3. The number of benzene rings is 1. The number of ether oxygens (including phenoxy) is 1. The molecule has 0 aliphatic carbocycles. The topological polar surface area (TPSA) is 55.7 Å². The van der Waals surface area contributed by atoms with E-state index < -0.39 is 0 Å². The normalized spacial score (nSPS) is 11.0. The zero-order chi connectivity index (χ0) is 17.0. The van der Waals surface area contributed by atoms with Gasteiger partial charge in [0.15, 0.2) is 0 Å². The number of esters is 1. The second-order valence-corrected chi connectivity index (χ2v) is 6.13. The number of quaternary nitrogens is 1. The van der Waals surface area contributed by atoms with Crippen molar-refractivity contribution in [2.75, 3.05) is 39.1 Å². The average molecular weight is 316 g/mol. The molecule has 0 aliphatic rings. The quantitative estimate of drug-likeness (QED) is 0.795. The van der Waals surface area contributed by atoms with E-state index >= 15 is 0 Å². The van der Waals surface area contributed by atoms with Crippen LogP contribution in [0.25, 0.3) is 10.9 Å². The van der Waals surface area contributed by atoms with Crippen molar-refractivity contribution in [2.45, 2.75) is 20.8 Å². The van der Waals surface area contributed by atoms with Gasteiger partial charge in [0.05, 0.1) is 45.0 Å². The van der Waals surface area contributed by atoms with Crippen molar-refractivity contribution in [1.82, 2.24) is 4.98 Å². The molecule has 1 aromatic carbocycles. The Bertz CT molecular complexity index is 711. The molecule has 0 saturated carbocycles. The minimum Gasteiger partial charge on any atom is -0.462 e. The van der Waals surface area contributed by atoms with Gasteiger partial charge in [0.25, 0.3) is 0 Å². The van der Waals surface area contributed by atoms with Crippen molar-refractivity contribution in [3.8, 4) is 0 Å². The summed E-state index contributed by atoms with van der Waals surface area (Å²) in [7, 11) is 4.21. The smallest absolute Gasteiger partial charge is 0.341 e. The van der Waals surface area contributed by atoms with Gasteiger partial charge in [-0.2, -0.15) is 0 Å². The van der Waals surface area contributed by atoms with Crippen LogP contribution < -0.4 is 10.2 Å². The van der Waals surface area contributed by atoms with E-state index in [1.54, 1.807) is 6.20 Å². The monoisotopic (exact) mass is 316 g/mol. The molecule has 0 unspecified atom stereocenters. The van der Waals surface area contributed by atoms with Gasteiger partial charge in [0.1, 0.15) is 5.56 Å². The highest BCUT2D eigenvalue weighted by Crippen LogP contribution is 2.29. The van der Waals surface area contributed by atoms with Crippen molar-refractivity contribution in [3.63, 3.8) is 0 Å². The number of likely N-dealkylation sites (N-methyl/N-ethyl adjacent to an activating group) is 1. The first kappa shape index (κ1) is 17.2. The molecule has 1 heterocycles. The van der Waals surface area contributed by atoms with E-state index in [0.717, 1.165) is 40.8 Å². The van der Waals surface area contributed by atoms with Gasteiger partial charge in [-0.1, -0.05) is 11.6 Å². The number of carbonyl (C=O) groups is 1. The van der Waals surface area contributed by atoms with Gasteiger partial charge in [0.2, 0.25) is 0 Å². The molecular formula is C18H26N3O2+. The zero-order valence-corrected chi connectivity index (χ0v) is 14.6. The van der Waals surface area contributed by atoms with Crippen LogP contribution in [0.5, 0.6) is 0 Å². The van der Waals surface area contributed by atoms with Gasteiger partial charge in [0, 0.05) is 11.6 Å². The first-order valence-corrected chi connectivity index (χ1v) is 8.04. The Balaban J connectivity index is 2.53. The molecule has 23 heavy (non-hydrogen) atoms. The molecule has 5 nitrogen and oxygen atoms in total. The molecule has 0 spiro atoms. The Hall–Kier alpha value is -2.14. The lowest BCUT2D eigenvalue weighted by Gasteiger charge is -2.16. The first-order chi connectivity index (χ1) is 10.9. The minimum absolute atomic E-state index is 0.333. The van der Waals surface area contributed by atoms with E-state index in [4.69, 9.17) is 4.74 Å². The molecule has 124 valence electrons. The minimum atomic E-state index is -0.333. The van der Waals surface area contributed by atoms with Crippen molar-refractivity contribution in [2.24, 2.45) is 0 Å². The van der Waals surface area contributed by atoms with E-state index in [0.29, 0.717) is 12.2 Å². The molecule has 2 aromatic rings. The molecule has 0 bridgehead atoms. The highest BCUT2D eigenvalue weighted by Gasteiger charge is 2.17. The number of aryl methyl sites for hydroxylation is 2. The lowest BCUT2D eigenvalue weighted by molar-refractivity contribution is -0.856. The average Bonchev–Trinajstić information content (AvgIpc) is 2.47. The number of carbonyl (C=O) groups excluding carboxylic acids is 1. The van der Waals surface area contributed by atoms with Gasteiger partial charge < -0.3 is 15.0 Å². The van der Waals surface area contributed by atoms with E-state index in [-0.39, 0.29) is 5.97 Å². The Morgan fingerprint density at radius 2 is 2.04 bits per heavy atom. The SMILES string of the molecule is CCOC(=O)c1cnc2c(C)cc(C)cc2c1NCC[NH+](C)C. The molecule has 1 aromatic heterocycles. The first-order valence-electron chi connectivity index (χ1n) is 8.04. The second kappa shape index (κ2) is 7.42. The maximum atomic E-state index is 12.3. The summed E-state index contributed by atoms with van der Waals surface area (Å²) in [4.78, 5) is 18.1. The molecule has 2 N–H and O–H groups in total. The number of pyridine rings is 1. The molecular weight excluding hydrogens is 290 g/mol. The summed E-state index contributed by atoms with van der Waals surface area (Å²) in [5.74, 6) is -0.333. The Morgan fingerprint density at radius 3 is 2.70 bits per heavy atom. The molecule has 0 atom stereocenters. The number of fused-ring (bicyclic) bond motifs is 1. The lowest BCUT2D eigenvalue weighted by Crippen LogP contribution is -3.06. The van der Waals surface area contributed by atoms with Gasteiger partial charge in [-0.3, -0.25) is 4.98 Å².